The van der Waals surface area contributed by atoms with E-state index in [0.29, 0.717) is 5.56 Å². The van der Waals surface area contributed by atoms with Crippen molar-refractivity contribution in [3.05, 3.63) is 29.8 Å². The highest BCUT2D eigenvalue weighted by molar-refractivity contribution is 5.85. The predicted octanol–water partition coefficient (Wildman–Crippen LogP) is 1.52. The average Bonchev–Trinajstić information content (AvgIpc) is 2.37. The summed E-state index contributed by atoms with van der Waals surface area (Å²) in [5, 5.41) is 12.3. The van der Waals surface area contributed by atoms with Crippen molar-refractivity contribution >= 4 is 11.9 Å². The summed E-state index contributed by atoms with van der Waals surface area (Å²) in [7, 11) is 0. The van der Waals surface area contributed by atoms with Gasteiger partial charge in [0.25, 0.3) is 0 Å². The number of carbonyl (C=O) groups is 2. The van der Waals surface area contributed by atoms with Crippen LogP contribution in [0.3, 0.4) is 0 Å². The Morgan fingerprint density at radius 3 is 2.56 bits per heavy atom. The van der Waals surface area contributed by atoms with Crippen LogP contribution in [-0.4, -0.2) is 23.6 Å². The molecule has 98 valence electrons. The van der Waals surface area contributed by atoms with Crippen molar-refractivity contribution in [2.45, 2.75) is 26.3 Å². The molecule has 1 amide bonds. The summed E-state index contributed by atoms with van der Waals surface area (Å²) in [6.45, 7) is 3.58. The van der Waals surface area contributed by atoms with E-state index in [4.69, 9.17) is 4.74 Å². The number of rotatable bonds is 5. The van der Waals surface area contributed by atoms with Gasteiger partial charge in [0.2, 0.25) is 5.91 Å². The molecule has 1 unspecified atom stereocenters. The summed E-state index contributed by atoms with van der Waals surface area (Å²) in [6, 6.07) is 5.38. The second-order valence-electron chi connectivity index (χ2n) is 3.66. The third kappa shape index (κ3) is 3.48. The largest absolute Gasteiger partial charge is 0.508 e. The average molecular weight is 251 g/mol. The standard InChI is InChI=1S/C13H17NO4/c1-3-11(16)14-12(13(17)18-4-2)9-7-5-6-8-10(9)15/h5-8,12,15H,3-4H2,1-2H3,(H,14,16). The number of phenolic OH excluding ortho intramolecular Hbond substituents is 1. The molecule has 18 heavy (non-hydrogen) atoms. The van der Waals surface area contributed by atoms with Crippen molar-refractivity contribution in [3.63, 3.8) is 0 Å². The SMILES string of the molecule is CCOC(=O)C(NC(=O)CC)c1ccccc1O. The van der Waals surface area contributed by atoms with Gasteiger partial charge in [0.1, 0.15) is 5.75 Å². The summed E-state index contributed by atoms with van der Waals surface area (Å²) in [4.78, 5) is 23.2. The fraction of sp³-hybridized carbons (Fsp3) is 0.385. The molecule has 0 bridgehead atoms. The maximum absolute atomic E-state index is 11.8. The Balaban J connectivity index is 3.00. The van der Waals surface area contributed by atoms with Gasteiger partial charge in [-0.15, -0.1) is 0 Å². The number of hydrogen-bond acceptors (Lipinski definition) is 4. The van der Waals surface area contributed by atoms with E-state index in [2.05, 4.69) is 5.32 Å². The van der Waals surface area contributed by atoms with Crippen LogP contribution >= 0.6 is 0 Å². The maximum Gasteiger partial charge on any atom is 0.333 e. The first-order valence-corrected chi connectivity index (χ1v) is 5.84. The van der Waals surface area contributed by atoms with E-state index in [9.17, 15) is 14.7 Å². The minimum Gasteiger partial charge on any atom is -0.508 e. The lowest BCUT2D eigenvalue weighted by molar-refractivity contribution is -0.147. The molecule has 1 rings (SSSR count). The number of benzene rings is 1. The number of phenols is 1. The summed E-state index contributed by atoms with van der Waals surface area (Å²) in [6.07, 6.45) is 0.253. The molecule has 0 aliphatic heterocycles. The van der Waals surface area contributed by atoms with E-state index >= 15 is 0 Å². The first kappa shape index (κ1) is 14.0. The topological polar surface area (TPSA) is 75.6 Å². The number of esters is 1. The zero-order valence-electron chi connectivity index (χ0n) is 10.5. The van der Waals surface area contributed by atoms with E-state index in [1.54, 1.807) is 32.0 Å². The molecule has 5 heteroatoms. The molecule has 0 aliphatic rings. The van der Waals surface area contributed by atoms with Crippen LogP contribution in [0.4, 0.5) is 0 Å². The van der Waals surface area contributed by atoms with Crippen LogP contribution in [-0.2, 0) is 14.3 Å². The van der Waals surface area contributed by atoms with Crippen LogP contribution in [0.5, 0.6) is 5.75 Å². The number of nitrogens with one attached hydrogen (secondary N) is 1. The van der Waals surface area contributed by atoms with Crippen LogP contribution in [0.2, 0.25) is 0 Å². The quantitative estimate of drug-likeness (QED) is 0.778. The summed E-state index contributed by atoms with van der Waals surface area (Å²) < 4.78 is 4.89. The van der Waals surface area contributed by atoms with E-state index in [1.165, 1.54) is 6.07 Å². The Hall–Kier alpha value is -2.04. The summed E-state index contributed by atoms with van der Waals surface area (Å²) in [5.74, 6) is -0.913. The van der Waals surface area contributed by atoms with Gasteiger partial charge in [-0.05, 0) is 13.0 Å². The third-order valence-electron chi connectivity index (χ3n) is 2.40. The number of amides is 1. The van der Waals surface area contributed by atoms with E-state index in [0.717, 1.165) is 0 Å². The van der Waals surface area contributed by atoms with E-state index in [1.807, 2.05) is 0 Å². The van der Waals surface area contributed by atoms with Crippen LogP contribution in [0.1, 0.15) is 31.9 Å². The summed E-state index contributed by atoms with van der Waals surface area (Å²) >= 11 is 0. The molecule has 1 aromatic carbocycles. The zero-order chi connectivity index (χ0) is 13.5. The van der Waals surface area contributed by atoms with Crippen LogP contribution in [0, 0.1) is 0 Å². The fourth-order valence-corrected chi connectivity index (χ4v) is 1.48. The first-order chi connectivity index (χ1) is 8.60. The molecule has 0 spiro atoms. The smallest absolute Gasteiger partial charge is 0.333 e. The van der Waals surface area contributed by atoms with E-state index in [-0.39, 0.29) is 24.7 Å². The van der Waals surface area contributed by atoms with Gasteiger partial charge in [-0.3, -0.25) is 4.79 Å². The second-order valence-corrected chi connectivity index (χ2v) is 3.66. The van der Waals surface area contributed by atoms with Crippen molar-refractivity contribution in [2.24, 2.45) is 0 Å². The number of aromatic hydroxyl groups is 1. The molecule has 0 heterocycles. The minimum absolute atomic E-state index is 0.0491. The minimum atomic E-state index is -0.974. The van der Waals surface area contributed by atoms with Gasteiger partial charge >= 0.3 is 5.97 Å². The van der Waals surface area contributed by atoms with Crippen molar-refractivity contribution in [3.8, 4) is 5.75 Å². The summed E-state index contributed by atoms with van der Waals surface area (Å²) in [5.41, 5.74) is 0.331. The molecular weight excluding hydrogens is 234 g/mol. The number of para-hydroxylation sites is 1. The lowest BCUT2D eigenvalue weighted by atomic mass is 10.1. The molecule has 0 saturated heterocycles. The predicted molar refractivity (Wildman–Crippen MR) is 65.9 cm³/mol. The second kappa shape index (κ2) is 6.64. The highest BCUT2D eigenvalue weighted by Gasteiger charge is 2.25. The fourth-order valence-electron chi connectivity index (χ4n) is 1.48. The highest BCUT2D eigenvalue weighted by Crippen LogP contribution is 2.24. The molecule has 0 radical (unpaired) electrons. The maximum atomic E-state index is 11.8. The molecule has 0 aliphatic carbocycles. The Labute approximate surface area is 106 Å². The lowest BCUT2D eigenvalue weighted by Crippen LogP contribution is -2.34. The Morgan fingerprint density at radius 1 is 1.33 bits per heavy atom. The number of carbonyl (C=O) groups excluding carboxylic acids is 2. The molecule has 5 nitrogen and oxygen atoms in total. The van der Waals surface area contributed by atoms with Gasteiger partial charge in [-0.1, -0.05) is 25.1 Å². The van der Waals surface area contributed by atoms with Crippen molar-refractivity contribution in [1.82, 2.24) is 5.32 Å². The van der Waals surface area contributed by atoms with Gasteiger partial charge in [0.15, 0.2) is 6.04 Å². The van der Waals surface area contributed by atoms with Crippen LogP contribution < -0.4 is 5.32 Å². The molecule has 1 aromatic rings. The molecule has 0 aromatic heterocycles. The molecule has 2 N–H and O–H groups in total. The number of hydrogen-bond donors (Lipinski definition) is 2. The van der Waals surface area contributed by atoms with Crippen molar-refractivity contribution in [1.29, 1.82) is 0 Å². The zero-order valence-corrected chi connectivity index (χ0v) is 10.5. The van der Waals surface area contributed by atoms with Crippen molar-refractivity contribution < 1.29 is 19.4 Å². The Bertz CT molecular complexity index is 431. The normalized spacial score (nSPS) is 11.7. The number of ether oxygens (including phenoxy) is 1. The van der Waals surface area contributed by atoms with Gasteiger partial charge < -0.3 is 15.2 Å². The first-order valence-electron chi connectivity index (χ1n) is 5.84. The Morgan fingerprint density at radius 2 is 2.00 bits per heavy atom. The third-order valence-corrected chi connectivity index (χ3v) is 2.40. The van der Waals surface area contributed by atoms with E-state index < -0.39 is 12.0 Å². The monoisotopic (exact) mass is 251 g/mol. The van der Waals surface area contributed by atoms with Crippen LogP contribution in [0.25, 0.3) is 0 Å². The highest BCUT2D eigenvalue weighted by atomic mass is 16.5. The van der Waals surface area contributed by atoms with Gasteiger partial charge in [-0.25, -0.2) is 4.79 Å². The van der Waals surface area contributed by atoms with Crippen molar-refractivity contribution in [2.75, 3.05) is 6.61 Å². The molecule has 0 fully saturated rings. The van der Waals surface area contributed by atoms with Gasteiger partial charge in [0, 0.05) is 12.0 Å². The van der Waals surface area contributed by atoms with Gasteiger partial charge in [-0.2, -0.15) is 0 Å². The Kier molecular flexibility index (Phi) is 5.17. The van der Waals surface area contributed by atoms with Gasteiger partial charge in [0.05, 0.1) is 6.61 Å². The molecule has 1 atom stereocenters. The molecular formula is C13H17NO4. The van der Waals surface area contributed by atoms with Crippen LogP contribution in [0.15, 0.2) is 24.3 Å². The molecule has 0 saturated carbocycles. The lowest BCUT2D eigenvalue weighted by Gasteiger charge is -2.18.